The molecular weight excluding hydrogens is 291 g/mol. The number of benzene rings is 1. The fourth-order valence-corrected chi connectivity index (χ4v) is 1.51. The number of hydrogen-bond donors (Lipinski definition) is 0. The van der Waals surface area contributed by atoms with Crippen molar-refractivity contribution in [3.05, 3.63) is 48.0 Å². The van der Waals surface area contributed by atoms with E-state index in [0.29, 0.717) is 5.57 Å². The number of carbonyl (C=O) groups is 1. The molecule has 1 atom stereocenters. The Balaban J connectivity index is 2.64. The van der Waals surface area contributed by atoms with E-state index in [1.807, 2.05) is 30.3 Å². The third-order valence-electron chi connectivity index (χ3n) is 1.62. The van der Waals surface area contributed by atoms with Crippen molar-refractivity contribution in [1.82, 2.24) is 0 Å². The van der Waals surface area contributed by atoms with Crippen LogP contribution in [0.2, 0.25) is 0 Å². The van der Waals surface area contributed by atoms with Crippen molar-refractivity contribution < 1.29 is 9.53 Å². The molecule has 0 aliphatic rings. The first-order valence-electron chi connectivity index (χ1n) is 4.17. The summed E-state index contributed by atoms with van der Waals surface area (Å²) >= 11 is 2.07. The summed E-state index contributed by atoms with van der Waals surface area (Å²) in [5.41, 5.74) is 1.39. The molecule has 1 rings (SSSR count). The highest BCUT2D eigenvalue weighted by atomic mass is 127. The summed E-state index contributed by atoms with van der Waals surface area (Å²) in [6.07, 6.45) is 0. The Morgan fingerprint density at radius 2 is 2.00 bits per heavy atom. The van der Waals surface area contributed by atoms with Gasteiger partial charge in [-0.05, 0) is 29.5 Å². The Morgan fingerprint density at radius 1 is 1.43 bits per heavy atom. The summed E-state index contributed by atoms with van der Waals surface area (Å²) < 4.78 is 4.89. The molecule has 1 unspecified atom stereocenters. The van der Waals surface area contributed by atoms with Crippen LogP contribution in [-0.2, 0) is 9.53 Å². The van der Waals surface area contributed by atoms with Gasteiger partial charge in [0.1, 0.15) is 0 Å². The van der Waals surface area contributed by atoms with Gasteiger partial charge in [-0.3, -0.25) is 0 Å². The molecule has 14 heavy (non-hydrogen) atoms. The average Bonchev–Trinajstić information content (AvgIpc) is 2.19. The number of carbonyl (C=O) groups excluding carboxylic acids is 1. The van der Waals surface area contributed by atoms with E-state index in [9.17, 15) is 4.79 Å². The predicted molar refractivity (Wildman–Crippen MR) is 64.1 cm³/mol. The van der Waals surface area contributed by atoms with Gasteiger partial charge in [-0.2, -0.15) is 0 Å². The smallest absolute Gasteiger partial charge is 0.334 e. The summed E-state index contributed by atoms with van der Waals surface area (Å²) in [6, 6.07) is 9.59. The zero-order chi connectivity index (χ0) is 10.6. The monoisotopic (exact) mass is 302 g/mol. The van der Waals surface area contributed by atoms with Crippen molar-refractivity contribution in [1.29, 1.82) is 0 Å². The molecule has 0 aliphatic heterocycles. The molecule has 0 radical (unpaired) electrons. The molecule has 3 heteroatoms. The fraction of sp³-hybridized carbons (Fsp3) is 0.182. The molecule has 0 spiro atoms. The SMILES string of the molecule is C=C(C)C(=O)OC(I)c1ccccc1. The standard InChI is InChI=1S/C11H11IO2/c1-8(2)11(13)14-10(12)9-6-4-3-5-7-9/h3-7,10H,1H2,2H3. The molecule has 1 aromatic carbocycles. The van der Waals surface area contributed by atoms with Crippen molar-refractivity contribution >= 4 is 28.6 Å². The highest BCUT2D eigenvalue weighted by molar-refractivity contribution is 14.1. The predicted octanol–water partition coefficient (Wildman–Crippen LogP) is 3.24. The topological polar surface area (TPSA) is 26.3 Å². The normalized spacial score (nSPS) is 11.9. The van der Waals surface area contributed by atoms with Crippen LogP contribution < -0.4 is 0 Å². The maximum Gasteiger partial charge on any atom is 0.334 e. The van der Waals surface area contributed by atoms with Gasteiger partial charge in [0.2, 0.25) is 0 Å². The molecule has 2 nitrogen and oxygen atoms in total. The molecule has 0 aliphatic carbocycles. The molecule has 0 N–H and O–H groups in total. The van der Waals surface area contributed by atoms with Gasteiger partial charge in [0.25, 0.3) is 0 Å². The van der Waals surface area contributed by atoms with Crippen LogP contribution in [0, 0.1) is 0 Å². The Kier molecular flexibility index (Phi) is 4.13. The third-order valence-corrected chi connectivity index (χ3v) is 2.59. The maximum atomic E-state index is 11.2. The second-order valence-corrected chi connectivity index (χ2v) is 4.04. The number of hydrogen-bond acceptors (Lipinski definition) is 2. The lowest BCUT2D eigenvalue weighted by Gasteiger charge is -2.11. The maximum absolute atomic E-state index is 11.2. The molecule has 1 aromatic rings. The van der Waals surface area contributed by atoms with Crippen molar-refractivity contribution in [3.63, 3.8) is 0 Å². The molecule has 0 aromatic heterocycles. The van der Waals surface area contributed by atoms with Crippen LogP contribution in [0.5, 0.6) is 0 Å². The van der Waals surface area contributed by atoms with Crippen molar-refractivity contribution in [2.24, 2.45) is 0 Å². The van der Waals surface area contributed by atoms with Gasteiger partial charge in [-0.25, -0.2) is 4.79 Å². The van der Waals surface area contributed by atoms with E-state index in [-0.39, 0.29) is 10.1 Å². The zero-order valence-corrected chi connectivity index (χ0v) is 10.0. The Hall–Kier alpha value is -0.840. The van der Waals surface area contributed by atoms with Crippen LogP contribution in [0.1, 0.15) is 16.6 Å². The summed E-state index contributed by atoms with van der Waals surface area (Å²) in [6.45, 7) is 5.16. The van der Waals surface area contributed by atoms with Gasteiger partial charge in [-0.15, -0.1) is 0 Å². The second kappa shape index (κ2) is 5.14. The van der Waals surface area contributed by atoms with E-state index < -0.39 is 0 Å². The van der Waals surface area contributed by atoms with Gasteiger partial charge in [-0.1, -0.05) is 36.9 Å². The highest BCUT2D eigenvalue weighted by Gasteiger charge is 2.12. The minimum absolute atomic E-state index is 0.252. The first-order valence-corrected chi connectivity index (χ1v) is 5.41. The molecule has 0 fully saturated rings. The van der Waals surface area contributed by atoms with Crippen molar-refractivity contribution in [2.45, 2.75) is 11.0 Å². The summed E-state index contributed by atoms with van der Waals surface area (Å²) in [5.74, 6) is -0.353. The molecular formula is C11H11IO2. The summed E-state index contributed by atoms with van der Waals surface area (Å²) in [4.78, 5) is 11.2. The second-order valence-electron chi connectivity index (χ2n) is 2.91. The van der Waals surface area contributed by atoms with E-state index in [2.05, 4.69) is 29.2 Å². The largest absolute Gasteiger partial charge is 0.443 e. The molecule has 74 valence electrons. The zero-order valence-electron chi connectivity index (χ0n) is 7.87. The first kappa shape index (κ1) is 11.2. The van der Waals surface area contributed by atoms with Gasteiger partial charge < -0.3 is 4.74 Å². The van der Waals surface area contributed by atoms with Crippen molar-refractivity contribution in [3.8, 4) is 0 Å². The molecule has 0 amide bonds. The van der Waals surface area contributed by atoms with Gasteiger partial charge in [0.15, 0.2) is 4.11 Å². The highest BCUT2D eigenvalue weighted by Crippen LogP contribution is 2.25. The van der Waals surface area contributed by atoms with Gasteiger partial charge >= 0.3 is 5.97 Å². The lowest BCUT2D eigenvalue weighted by molar-refractivity contribution is -0.139. The quantitative estimate of drug-likeness (QED) is 0.371. The minimum Gasteiger partial charge on any atom is -0.443 e. The number of esters is 1. The number of ether oxygens (including phenoxy) is 1. The Morgan fingerprint density at radius 3 is 2.50 bits per heavy atom. The lowest BCUT2D eigenvalue weighted by atomic mass is 10.2. The van der Waals surface area contributed by atoms with Crippen LogP contribution in [-0.4, -0.2) is 5.97 Å². The lowest BCUT2D eigenvalue weighted by Crippen LogP contribution is -2.06. The average molecular weight is 302 g/mol. The van der Waals surface area contributed by atoms with Crippen LogP contribution in [0.4, 0.5) is 0 Å². The molecule has 0 heterocycles. The number of rotatable bonds is 3. The van der Waals surface area contributed by atoms with Gasteiger partial charge in [0.05, 0.1) is 0 Å². The van der Waals surface area contributed by atoms with E-state index in [4.69, 9.17) is 4.74 Å². The number of halogens is 1. The first-order chi connectivity index (χ1) is 6.61. The summed E-state index contributed by atoms with van der Waals surface area (Å²) in [7, 11) is 0. The van der Waals surface area contributed by atoms with E-state index in [1.54, 1.807) is 6.92 Å². The third kappa shape index (κ3) is 3.14. The Bertz CT molecular complexity index is 332. The molecule has 0 saturated carbocycles. The van der Waals surface area contributed by atoms with E-state index >= 15 is 0 Å². The number of alkyl halides is 1. The van der Waals surface area contributed by atoms with E-state index in [0.717, 1.165) is 5.56 Å². The minimum atomic E-state index is -0.353. The van der Waals surface area contributed by atoms with Crippen LogP contribution in [0.3, 0.4) is 0 Å². The van der Waals surface area contributed by atoms with Crippen LogP contribution in [0.25, 0.3) is 0 Å². The summed E-state index contributed by atoms with van der Waals surface area (Å²) in [5, 5.41) is 0. The Labute approximate surface area is 97.1 Å². The fourth-order valence-electron chi connectivity index (χ4n) is 0.867. The molecule has 0 saturated heterocycles. The van der Waals surface area contributed by atoms with Crippen molar-refractivity contribution in [2.75, 3.05) is 0 Å². The van der Waals surface area contributed by atoms with E-state index in [1.165, 1.54) is 0 Å². The molecule has 0 bridgehead atoms. The van der Waals surface area contributed by atoms with Gasteiger partial charge in [0, 0.05) is 11.1 Å². The van der Waals surface area contributed by atoms with Crippen LogP contribution >= 0.6 is 22.6 Å². The van der Waals surface area contributed by atoms with Crippen LogP contribution in [0.15, 0.2) is 42.5 Å².